The number of carbonyl (C=O) groups excluding carboxylic acids is 1. The molecule has 5 heteroatoms. The molecule has 0 radical (unpaired) electrons. The number of carbonyl (C=O) groups is 1. The fourth-order valence-electron chi connectivity index (χ4n) is 1.92. The van der Waals surface area contributed by atoms with E-state index in [0.29, 0.717) is 23.2 Å². The predicted molar refractivity (Wildman–Crippen MR) is 75.3 cm³/mol. The molecule has 0 aromatic heterocycles. The SMILES string of the molecule is COc1ccc(-c2ccc(OC)c(C=O)c2Cl)cc1F. The van der Waals surface area contributed by atoms with E-state index in [9.17, 15) is 9.18 Å². The summed E-state index contributed by atoms with van der Waals surface area (Å²) in [6.07, 6.45) is 0.616. The Labute approximate surface area is 120 Å². The summed E-state index contributed by atoms with van der Waals surface area (Å²) in [5, 5.41) is 0.226. The highest BCUT2D eigenvalue weighted by atomic mass is 35.5. The molecule has 20 heavy (non-hydrogen) atoms. The van der Waals surface area contributed by atoms with E-state index in [1.54, 1.807) is 18.2 Å². The molecule has 2 rings (SSSR count). The average molecular weight is 295 g/mol. The van der Waals surface area contributed by atoms with Crippen LogP contribution in [0, 0.1) is 5.82 Å². The van der Waals surface area contributed by atoms with Crippen molar-refractivity contribution < 1.29 is 18.7 Å². The van der Waals surface area contributed by atoms with Crippen LogP contribution in [0.2, 0.25) is 5.02 Å². The molecule has 0 saturated heterocycles. The Bertz CT molecular complexity index is 656. The molecule has 0 saturated carbocycles. The molecular weight excluding hydrogens is 283 g/mol. The lowest BCUT2D eigenvalue weighted by Crippen LogP contribution is -1.94. The van der Waals surface area contributed by atoms with Crippen LogP contribution in [0.4, 0.5) is 4.39 Å². The highest BCUT2D eigenvalue weighted by molar-refractivity contribution is 6.36. The van der Waals surface area contributed by atoms with Crippen LogP contribution in [0.25, 0.3) is 11.1 Å². The number of hydrogen-bond donors (Lipinski definition) is 0. The Morgan fingerprint density at radius 3 is 2.30 bits per heavy atom. The quantitative estimate of drug-likeness (QED) is 0.800. The van der Waals surface area contributed by atoms with Crippen LogP contribution < -0.4 is 9.47 Å². The van der Waals surface area contributed by atoms with E-state index < -0.39 is 5.82 Å². The van der Waals surface area contributed by atoms with E-state index in [0.717, 1.165) is 0 Å². The molecule has 2 aromatic carbocycles. The zero-order chi connectivity index (χ0) is 14.7. The summed E-state index contributed by atoms with van der Waals surface area (Å²) in [6.45, 7) is 0. The molecule has 2 aromatic rings. The van der Waals surface area contributed by atoms with Crippen molar-refractivity contribution in [2.75, 3.05) is 14.2 Å². The van der Waals surface area contributed by atoms with Gasteiger partial charge in [0, 0.05) is 5.56 Å². The van der Waals surface area contributed by atoms with Gasteiger partial charge in [-0.3, -0.25) is 4.79 Å². The Morgan fingerprint density at radius 1 is 1.10 bits per heavy atom. The first-order valence-electron chi connectivity index (χ1n) is 5.78. The van der Waals surface area contributed by atoms with E-state index in [-0.39, 0.29) is 16.3 Å². The van der Waals surface area contributed by atoms with Crippen molar-refractivity contribution in [2.24, 2.45) is 0 Å². The van der Waals surface area contributed by atoms with Crippen molar-refractivity contribution in [1.29, 1.82) is 0 Å². The van der Waals surface area contributed by atoms with Crippen LogP contribution in [-0.4, -0.2) is 20.5 Å². The molecule has 0 aliphatic rings. The third-order valence-corrected chi connectivity index (χ3v) is 3.35. The van der Waals surface area contributed by atoms with Crippen molar-refractivity contribution >= 4 is 17.9 Å². The summed E-state index contributed by atoms with van der Waals surface area (Å²) >= 11 is 6.19. The van der Waals surface area contributed by atoms with E-state index in [1.807, 2.05) is 0 Å². The molecule has 0 fully saturated rings. The first-order valence-corrected chi connectivity index (χ1v) is 6.15. The number of rotatable bonds is 4. The van der Waals surface area contributed by atoms with Gasteiger partial charge < -0.3 is 9.47 Å². The maximum atomic E-state index is 13.7. The third kappa shape index (κ3) is 2.47. The largest absolute Gasteiger partial charge is 0.496 e. The number of benzene rings is 2. The first kappa shape index (κ1) is 14.3. The zero-order valence-electron chi connectivity index (χ0n) is 10.9. The third-order valence-electron chi connectivity index (χ3n) is 2.94. The fourth-order valence-corrected chi connectivity index (χ4v) is 2.23. The van der Waals surface area contributed by atoms with Gasteiger partial charge in [-0.2, -0.15) is 0 Å². The molecule has 0 spiro atoms. The lowest BCUT2D eigenvalue weighted by molar-refractivity contribution is 0.112. The highest BCUT2D eigenvalue weighted by Gasteiger charge is 2.14. The van der Waals surface area contributed by atoms with E-state index in [2.05, 4.69) is 0 Å². The van der Waals surface area contributed by atoms with E-state index in [1.165, 1.54) is 26.4 Å². The van der Waals surface area contributed by atoms with Gasteiger partial charge in [-0.05, 0) is 29.8 Å². The smallest absolute Gasteiger partial charge is 0.165 e. The van der Waals surface area contributed by atoms with E-state index in [4.69, 9.17) is 21.1 Å². The van der Waals surface area contributed by atoms with Crippen LogP contribution >= 0.6 is 11.6 Å². The monoisotopic (exact) mass is 294 g/mol. The minimum atomic E-state index is -0.496. The molecule has 0 N–H and O–H groups in total. The molecule has 104 valence electrons. The zero-order valence-corrected chi connectivity index (χ0v) is 11.7. The standard InChI is InChI=1S/C15H12ClFO3/c1-19-13-6-4-10(15(16)11(13)8-18)9-3-5-14(20-2)12(17)7-9/h3-8H,1-2H3. The van der Waals surface area contributed by atoms with Crippen molar-refractivity contribution in [3.05, 3.63) is 46.7 Å². The van der Waals surface area contributed by atoms with Gasteiger partial charge >= 0.3 is 0 Å². The van der Waals surface area contributed by atoms with Crippen molar-refractivity contribution in [1.82, 2.24) is 0 Å². The summed E-state index contributed by atoms with van der Waals surface area (Å²) in [6, 6.07) is 7.78. The predicted octanol–water partition coefficient (Wildman–Crippen LogP) is 3.98. The summed E-state index contributed by atoms with van der Waals surface area (Å²) in [4.78, 5) is 11.1. The Kier molecular flexibility index (Phi) is 4.25. The molecule has 0 heterocycles. The second-order valence-corrected chi connectivity index (χ2v) is 4.39. The maximum Gasteiger partial charge on any atom is 0.165 e. The molecular formula is C15H12ClFO3. The number of ether oxygens (including phenoxy) is 2. The Hall–Kier alpha value is -2.07. The summed E-state index contributed by atoms with van der Waals surface area (Å²) in [5.74, 6) is 0.0290. The van der Waals surface area contributed by atoms with Gasteiger partial charge in [0.2, 0.25) is 0 Å². The van der Waals surface area contributed by atoms with Gasteiger partial charge in [0.25, 0.3) is 0 Å². The lowest BCUT2D eigenvalue weighted by atomic mass is 10.0. The molecule has 0 aliphatic carbocycles. The minimum Gasteiger partial charge on any atom is -0.496 e. The van der Waals surface area contributed by atoms with Crippen LogP contribution in [0.5, 0.6) is 11.5 Å². The second kappa shape index (κ2) is 5.92. The number of methoxy groups -OCH3 is 2. The van der Waals surface area contributed by atoms with Gasteiger partial charge in [-0.25, -0.2) is 4.39 Å². The number of hydrogen-bond acceptors (Lipinski definition) is 3. The molecule has 0 atom stereocenters. The van der Waals surface area contributed by atoms with Crippen LogP contribution in [0.1, 0.15) is 10.4 Å². The Morgan fingerprint density at radius 2 is 1.75 bits per heavy atom. The van der Waals surface area contributed by atoms with Crippen molar-refractivity contribution in [3.8, 4) is 22.6 Å². The highest BCUT2D eigenvalue weighted by Crippen LogP contribution is 2.36. The fraction of sp³-hybridized carbons (Fsp3) is 0.133. The maximum absolute atomic E-state index is 13.7. The molecule has 0 unspecified atom stereocenters. The van der Waals surface area contributed by atoms with Crippen LogP contribution in [-0.2, 0) is 0 Å². The molecule has 3 nitrogen and oxygen atoms in total. The first-order chi connectivity index (χ1) is 9.62. The number of halogens is 2. The lowest BCUT2D eigenvalue weighted by Gasteiger charge is -2.11. The van der Waals surface area contributed by atoms with Crippen LogP contribution in [0.15, 0.2) is 30.3 Å². The minimum absolute atomic E-state index is 0.147. The summed E-state index contributed by atoms with van der Waals surface area (Å²) in [7, 11) is 2.84. The summed E-state index contributed by atoms with van der Waals surface area (Å²) in [5.41, 5.74) is 1.35. The van der Waals surface area contributed by atoms with Crippen LogP contribution in [0.3, 0.4) is 0 Å². The van der Waals surface area contributed by atoms with E-state index >= 15 is 0 Å². The van der Waals surface area contributed by atoms with Gasteiger partial charge in [0.05, 0.1) is 24.8 Å². The second-order valence-electron chi connectivity index (χ2n) is 4.01. The van der Waals surface area contributed by atoms with Gasteiger partial charge in [-0.1, -0.05) is 17.7 Å². The topological polar surface area (TPSA) is 35.5 Å². The molecule has 0 amide bonds. The van der Waals surface area contributed by atoms with Crippen molar-refractivity contribution in [2.45, 2.75) is 0 Å². The molecule has 0 bridgehead atoms. The Balaban J connectivity index is 2.58. The molecule has 0 aliphatic heterocycles. The average Bonchev–Trinajstić information content (AvgIpc) is 2.46. The number of aldehydes is 1. The van der Waals surface area contributed by atoms with Crippen molar-refractivity contribution in [3.63, 3.8) is 0 Å². The van der Waals surface area contributed by atoms with Gasteiger partial charge in [0.1, 0.15) is 5.75 Å². The van der Waals surface area contributed by atoms with Gasteiger partial charge in [0.15, 0.2) is 17.9 Å². The summed E-state index contributed by atoms with van der Waals surface area (Å²) < 4.78 is 23.7. The van der Waals surface area contributed by atoms with Gasteiger partial charge in [-0.15, -0.1) is 0 Å². The normalized spacial score (nSPS) is 10.2.